The molecule has 6 heteroatoms. The van der Waals surface area contributed by atoms with Gasteiger partial charge in [0, 0.05) is 45.1 Å². The Hall–Kier alpha value is -4.59. The van der Waals surface area contributed by atoms with Crippen LogP contribution in [0.25, 0.3) is 11.1 Å². The Labute approximate surface area is 277 Å². The molecule has 0 unspecified atom stereocenters. The van der Waals surface area contributed by atoms with Gasteiger partial charge in [-0.05, 0) is 45.0 Å². The van der Waals surface area contributed by atoms with E-state index in [1.165, 1.54) is 18.1 Å². The van der Waals surface area contributed by atoms with Gasteiger partial charge in [-0.15, -0.1) is 0 Å². The molecule has 6 rings (SSSR count). The molecular weight excluding hydrogens is 584 g/mol. The van der Waals surface area contributed by atoms with Gasteiger partial charge in [-0.25, -0.2) is 0 Å². The second-order valence-corrected chi connectivity index (χ2v) is 12.2. The third-order valence-corrected chi connectivity index (χ3v) is 8.56. The van der Waals surface area contributed by atoms with E-state index in [1.54, 1.807) is 0 Å². The van der Waals surface area contributed by atoms with Crippen LogP contribution >= 0.6 is 0 Å². The molecule has 0 bridgehead atoms. The van der Waals surface area contributed by atoms with E-state index in [0.717, 1.165) is 53.0 Å². The van der Waals surface area contributed by atoms with Crippen molar-refractivity contribution in [3.8, 4) is 11.1 Å². The molecule has 1 aliphatic rings. The predicted octanol–water partition coefficient (Wildman–Crippen LogP) is 7.73. The topological polar surface area (TPSA) is 71.0 Å². The van der Waals surface area contributed by atoms with Crippen molar-refractivity contribution in [1.82, 2.24) is 10.2 Å². The molecule has 0 saturated carbocycles. The number of hydrogen-bond acceptors (Lipinski definition) is 5. The van der Waals surface area contributed by atoms with Gasteiger partial charge >= 0.3 is 0 Å². The fraction of sp³-hybridized carbons (Fsp3) is 0.244. The van der Waals surface area contributed by atoms with Crippen molar-refractivity contribution in [2.75, 3.05) is 6.54 Å². The summed E-state index contributed by atoms with van der Waals surface area (Å²) in [5.41, 5.74) is 8.66. The lowest BCUT2D eigenvalue weighted by atomic mass is 9.98. The lowest BCUT2D eigenvalue weighted by molar-refractivity contribution is -0.253. The fourth-order valence-corrected chi connectivity index (χ4v) is 6.11. The van der Waals surface area contributed by atoms with Crippen molar-refractivity contribution >= 4 is 5.91 Å². The molecule has 0 spiro atoms. The summed E-state index contributed by atoms with van der Waals surface area (Å²) in [4.78, 5) is 13.9. The zero-order chi connectivity index (χ0) is 32.4. The standard InChI is InChI=1S/C41H42N2O4/c1-30(45)42-25-34-13-8-14-38(23-34)35-19-21-37(22-20-35)41-46-39(24-40(47-41)36-17-15-33(29-44)16-18-36)28-43(26-31-9-4-2-5-10-31)27-32-11-6-3-7-12-32/h2-23,39-41,44H,24-29H2,1H3,(H,42,45)/t39-,40+,41+/m0/s1. The van der Waals surface area contributed by atoms with E-state index in [9.17, 15) is 9.90 Å². The number of ether oxygens (including phenoxy) is 2. The molecule has 0 aromatic heterocycles. The first-order chi connectivity index (χ1) is 23.0. The second kappa shape index (κ2) is 15.8. The minimum Gasteiger partial charge on any atom is -0.392 e. The highest BCUT2D eigenvalue weighted by Gasteiger charge is 2.33. The summed E-state index contributed by atoms with van der Waals surface area (Å²) in [7, 11) is 0. The van der Waals surface area contributed by atoms with Crippen molar-refractivity contribution in [2.24, 2.45) is 0 Å². The maximum Gasteiger partial charge on any atom is 0.217 e. The van der Waals surface area contributed by atoms with Gasteiger partial charge in [0.2, 0.25) is 5.91 Å². The van der Waals surface area contributed by atoms with Crippen molar-refractivity contribution in [2.45, 2.75) is 58.1 Å². The zero-order valence-electron chi connectivity index (χ0n) is 26.8. The Bertz CT molecular complexity index is 1670. The van der Waals surface area contributed by atoms with E-state index in [2.05, 4.69) is 119 Å². The van der Waals surface area contributed by atoms with Crippen LogP contribution in [0.3, 0.4) is 0 Å². The Balaban J connectivity index is 1.24. The minimum absolute atomic E-state index is 0.0105. The summed E-state index contributed by atoms with van der Waals surface area (Å²) in [6.07, 6.45) is -0.0544. The van der Waals surface area contributed by atoms with Gasteiger partial charge in [0.1, 0.15) is 0 Å². The first-order valence-corrected chi connectivity index (χ1v) is 16.3. The summed E-state index contributed by atoms with van der Waals surface area (Å²) in [6, 6.07) is 45.8. The van der Waals surface area contributed by atoms with E-state index >= 15 is 0 Å². The van der Waals surface area contributed by atoms with Gasteiger partial charge in [-0.2, -0.15) is 0 Å². The summed E-state index contributed by atoms with van der Waals surface area (Å²) >= 11 is 0. The van der Waals surface area contributed by atoms with E-state index < -0.39 is 6.29 Å². The molecule has 1 fully saturated rings. The van der Waals surface area contributed by atoms with Crippen LogP contribution in [0.15, 0.2) is 133 Å². The number of hydrogen-bond donors (Lipinski definition) is 2. The van der Waals surface area contributed by atoms with Gasteiger partial charge in [0.05, 0.1) is 18.8 Å². The highest BCUT2D eigenvalue weighted by atomic mass is 16.7. The number of amides is 1. The van der Waals surface area contributed by atoms with E-state index in [1.807, 2.05) is 24.3 Å². The molecule has 1 amide bonds. The Morgan fingerprint density at radius 2 is 1.32 bits per heavy atom. The molecule has 0 aliphatic carbocycles. The first kappa shape index (κ1) is 32.4. The average molecular weight is 627 g/mol. The van der Waals surface area contributed by atoms with Crippen LogP contribution in [-0.4, -0.2) is 28.6 Å². The molecule has 2 N–H and O–H groups in total. The number of nitrogens with zero attached hydrogens (tertiary/aromatic N) is 1. The number of aliphatic hydroxyl groups excluding tert-OH is 1. The van der Waals surface area contributed by atoms with Crippen LogP contribution in [-0.2, 0) is 40.5 Å². The van der Waals surface area contributed by atoms with Crippen molar-refractivity contribution in [1.29, 1.82) is 0 Å². The van der Waals surface area contributed by atoms with Gasteiger partial charge < -0.3 is 19.9 Å². The molecule has 5 aromatic rings. The number of benzene rings is 5. The molecule has 1 saturated heterocycles. The van der Waals surface area contributed by atoms with Crippen LogP contribution in [0.5, 0.6) is 0 Å². The van der Waals surface area contributed by atoms with Gasteiger partial charge in [0.25, 0.3) is 0 Å². The van der Waals surface area contributed by atoms with Crippen molar-refractivity contribution in [3.63, 3.8) is 0 Å². The van der Waals surface area contributed by atoms with Crippen LogP contribution < -0.4 is 5.32 Å². The molecular formula is C41H42N2O4. The van der Waals surface area contributed by atoms with Gasteiger partial charge in [0.15, 0.2) is 6.29 Å². The van der Waals surface area contributed by atoms with Crippen LogP contribution in [0.4, 0.5) is 0 Å². The van der Waals surface area contributed by atoms with Crippen LogP contribution in [0.1, 0.15) is 59.1 Å². The van der Waals surface area contributed by atoms with Crippen molar-refractivity contribution < 1.29 is 19.4 Å². The average Bonchev–Trinajstić information content (AvgIpc) is 3.12. The normalized spacial score (nSPS) is 17.8. The Morgan fingerprint density at radius 3 is 1.94 bits per heavy atom. The number of rotatable bonds is 12. The quantitative estimate of drug-likeness (QED) is 0.148. The zero-order valence-corrected chi connectivity index (χ0v) is 26.8. The lowest BCUT2D eigenvalue weighted by Gasteiger charge is -2.38. The highest BCUT2D eigenvalue weighted by molar-refractivity contribution is 5.73. The number of carbonyl (C=O) groups excluding carboxylic acids is 1. The lowest BCUT2D eigenvalue weighted by Crippen LogP contribution is -2.39. The largest absolute Gasteiger partial charge is 0.392 e. The molecule has 1 heterocycles. The number of carbonyl (C=O) groups is 1. The summed E-state index contributed by atoms with van der Waals surface area (Å²) in [6.45, 7) is 4.41. The summed E-state index contributed by atoms with van der Waals surface area (Å²) in [5, 5.41) is 12.5. The SMILES string of the molecule is CC(=O)NCc1cccc(-c2ccc([C@@H]3O[C@H](CN(Cc4ccccc4)Cc4ccccc4)C[C@H](c4ccc(CO)cc4)O3)cc2)c1. The second-order valence-electron chi connectivity index (χ2n) is 12.2. The van der Waals surface area contributed by atoms with Gasteiger partial charge in [-0.3, -0.25) is 9.69 Å². The first-order valence-electron chi connectivity index (χ1n) is 16.3. The molecule has 240 valence electrons. The molecule has 5 aromatic carbocycles. The minimum atomic E-state index is -0.535. The van der Waals surface area contributed by atoms with Gasteiger partial charge in [-0.1, -0.05) is 127 Å². The molecule has 3 atom stereocenters. The highest BCUT2D eigenvalue weighted by Crippen LogP contribution is 2.39. The Kier molecular flexibility index (Phi) is 10.9. The summed E-state index contributed by atoms with van der Waals surface area (Å²) < 4.78 is 13.4. The molecule has 0 radical (unpaired) electrons. The number of aliphatic hydroxyl groups is 1. The maximum atomic E-state index is 11.4. The summed E-state index contributed by atoms with van der Waals surface area (Å²) in [5.74, 6) is -0.0450. The monoisotopic (exact) mass is 626 g/mol. The van der Waals surface area contributed by atoms with Crippen LogP contribution in [0.2, 0.25) is 0 Å². The fourth-order valence-electron chi connectivity index (χ4n) is 6.11. The van der Waals surface area contributed by atoms with E-state index in [-0.39, 0.29) is 24.7 Å². The predicted molar refractivity (Wildman–Crippen MR) is 185 cm³/mol. The smallest absolute Gasteiger partial charge is 0.217 e. The van der Waals surface area contributed by atoms with Crippen LogP contribution in [0, 0.1) is 0 Å². The van der Waals surface area contributed by atoms with Crippen molar-refractivity contribution in [3.05, 3.63) is 167 Å². The molecule has 6 nitrogen and oxygen atoms in total. The number of nitrogens with one attached hydrogen (secondary N) is 1. The molecule has 1 aliphatic heterocycles. The van der Waals surface area contributed by atoms with E-state index in [0.29, 0.717) is 13.0 Å². The molecule has 47 heavy (non-hydrogen) atoms. The third-order valence-electron chi connectivity index (χ3n) is 8.56. The Morgan fingerprint density at radius 1 is 0.702 bits per heavy atom. The maximum absolute atomic E-state index is 11.4. The third kappa shape index (κ3) is 9.03. The van der Waals surface area contributed by atoms with E-state index in [4.69, 9.17) is 9.47 Å².